The number of hydrogen-bond donors (Lipinski definition) is 1. The van der Waals surface area contributed by atoms with Gasteiger partial charge in [-0.25, -0.2) is 4.79 Å². The van der Waals surface area contributed by atoms with Crippen molar-refractivity contribution < 1.29 is 14.3 Å². The second kappa shape index (κ2) is 7.59. The predicted molar refractivity (Wildman–Crippen MR) is 71.7 cm³/mol. The molecule has 0 aliphatic carbocycles. The van der Waals surface area contributed by atoms with Gasteiger partial charge in [0, 0.05) is 19.5 Å². The minimum Gasteiger partial charge on any atom is -0.467 e. The van der Waals surface area contributed by atoms with Crippen molar-refractivity contribution in [1.82, 2.24) is 10.2 Å². The number of rotatable bonds is 4. The summed E-state index contributed by atoms with van der Waals surface area (Å²) in [5.74, 6) is -0.350. The molecule has 1 heterocycles. The Labute approximate surface area is 115 Å². The SMILES string of the molecule is COC(=O)C(C(C)C)N(C(C)=O)C1CCNC1.Cl. The summed E-state index contributed by atoms with van der Waals surface area (Å²) in [5.41, 5.74) is 0. The lowest BCUT2D eigenvalue weighted by atomic mass is 10.00. The molecular weight excluding hydrogens is 256 g/mol. The van der Waals surface area contributed by atoms with Crippen molar-refractivity contribution in [3.8, 4) is 0 Å². The first kappa shape index (κ1) is 17.2. The van der Waals surface area contributed by atoms with E-state index in [0.29, 0.717) is 0 Å². The lowest BCUT2D eigenvalue weighted by molar-refractivity contribution is -0.156. The topological polar surface area (TPSA) is 58.6 Å². The number of ether oxygens (including phenoxy) is 1. The average molecular weight is 279 g/mol. The molecule has 1 rings (SSSR count). The van der Waals surface area contributed by atoms with Gasteiger partial charge in [0.2, 0.25) is 5.91 Å². The van der Waals surface area contributed by atoms with E-state index in [0.717, 1.165) is 19.5 Å². The van der Waals surface area contributed by atoms with Crippen LogP contribution in [0.15, 0.2) is 0 Å². The van der Waals surface area contributed by atoms with Crippen molar-refractivity contribution in [3.63, 3.8) is 0 Å². The largest absolute Gasteiger partial charge is 0.467 e. The molecule has 2 unspecified atom stereocenters. The summed E-state index contributed by atoms with van der Waals surface area (Å²) in [5, 5.41) is 3.21. The number of esters is 1. The van der Waals surface area contributed by atoms with E-state index in [4.69, 9.17) is 4.74 Å². The minimum absolute atomic E-state index is 0. The smallest absolute Gasteiger partial charge is 0.328 e. The molecule has 0 bridgehead atoms. The number of nitrogens with one attached hydrogen (secondary N) is 1. The number of amides is 1. The Kier molecular flexibility index (Phi) is 7.25. The highest BCUT2D eigenvalue weighted by atomic mass is 35.5. The highest BCUT2D eigenvalue weighted by molar-refractivity contribution is 5.85. The van der Waals surface area contributed by atoms with Crippen molar-refractivity contribution >= 4 is 24.3 Å². The Bertz CT molecular complexity index is 291. The fourth-order valence-corrected chi connectivity index (χ4v) is 2.38. The number of methoxy groups -OCH3 is 1. The van der Waals surface area contributed by atoms with E-state index in [1.165, 1.54) is 14.0 Å². The van der Waals surface area contributed by atoms with Crippen LogP contribution in [0.25, 0.3) is 0 Å². The van der Waals surface area contributed by atoms with Crippen LogP contribution in [0.5, 0.6) is 0 Å². The maximum Gasteiger partial charge on any atom is 0.328 e. The molecule has 1 amide bonds. The van der Waals surface area contributed by atoms with Crippen LogP contribution in [0.4, 0.5) is 0 Å². The molecule has 2 atom stereocenters. The van der Waals surface area contributed by atoms with Crippen molar-refractivity contribution in [1.29, 1.82) is 0 Å². The van der Waals surface area contributed by atoms with Gasteiger partial charge in [-0.1, -0.05) is 13.8 Å². The summed E-state index contributed by atoms with van der Waals surface area (Å²) in [4.78, 5) is 25.3. The van der Waals surface area contributed by atoms with Gasteiger partial charge in [0.15, 0.2) is 0 Å². The third kappa shape index (κ3) is 3.85. The van der Waals surface area contributed by atoms with E-state index in [2.05, 4.69) is 5.32 Å². The Hall–Kier alpha value is -0.810. The zero-order chi connectivity index (χ0) is 13.0. The number of nitrogens with zero attached hydrogens (tertiary/aromatic N) is 1. The Balaban J connectivity index is 0.00000289. The monoisotopic (exact) mass is 278 g/mol. The molecular formula is C12H23ClN2O3. The van der Waals surface area contributed by atoms with Gasteiger partial charge in [-0.05, 0) is 18.9 Å². The molecule has 18 heavy (non-hydrogen) atoms. The molecule has 6 heteroatoms. The van der Waals surface area contributed by atoms with Gasteiger partial charge in [0.1, 0.15) is 6.04 Å². The second-order valence-corrected chi connectivity index (χ2v) is 4.78. The van der Waals surface area contributed by atoms with Crippen LogP contribution >= 0.6 is 12.4 Å². The molecule has 1 aliphatic heterocycles. The van der Waals surface area contributed by atoms with Crippen molar-refractivity contribution in [2.75, 3.05) is 20.2 Å². The Morgan fingerprint density at radius 1 is 1.39 bits per heavy atom. The molecule has 1 saturated heterocycles. The standard InChI is InChI=1S/C12H22N2O3.ClH/c1-8(2)11(12(16)17-4)14(9(3)15)10-5-6-13-7-10;/h8,10-11,13H,5-7H2,1-4H3;1H. The summed E-state index contributed by atoms with van der Waals surface area (Å²) in [7, 11) is 1.36. The molecule has 1 aliphatic rings. The van der Waals surface area contributed by atoms with Gasteiger partial charge >= 0.3 is 5.97 Å². The van der Waals surface area contributed by atoms with Gasteiger partial charge in [0.05, 0.1) is 7.11 Å². The number of hydrogen-bond acceptors (Lipinski definition) is 4. The lowest BCUT2D eigenvalue weighted by Gasteiger charge is -2.35. The number of carbonyl (C=O) groups is 2. The quantitative estimate of drug-likeness (QED) is 0.774. The van der Waals surface area contributed by atoms with E-state index in [9.17, 15) is 9.59 Å². The fourth-order valence-electron chi connectivity index (χ4n) is 2.38. The molecule has 0 aromatic rings. The van der Waals surface area contributed by atoms with Crippen molar-refractivity contribution in [2.24, 2.45) is 5.92 Å². The van der Waals surface area contributed by atoms with Gasteiger partial charge in [-0.15, -0.1) is 12.4 Å². The molecule has 1 N–H and O–H groups in total. The summed E-state index contributed by atoms with van der Waals surface area (Å²) < 4.78 is 4.81. The molecule has 0 radical (unpaired) electrons. The maximum atomic E-state index is 11.8. The summed E-state index contributed by atoms with van der Waals surface area (Å²) in [6.07, 6.45) is 0.889. The Morgan fingerprint density at radius 2 is 2.00 bits per heavy atom. The van der Waals surface area contributed by atoms with Gasteiger partial charge in [0.25, 0.3) is 0 Å². The molecule has 5 nitrogen and oxygen atoms in total. The Morgan fingerprint density at radius 3 is 2.33 bits per heavy atom. The third-order valence-electron chi connectivity index (χ3n) is 3.17. The van der Waals surface area contributed by atoms with Crippen LogP contribution in [-0.4, -0.2) is 49.1 Å². The average Bonchev–Trinajstić information content (AvgIpc) is 2.76. The van der Waals surface area contributed by atoms with Crippen LogP contribution in [-0.2, 0) is 14.3 Å². The summed E-state index contributed by atoms with van der Waals surface area (Å²) >= 11 is 0. The number of carbonyl (C=O) groups excluding carboxylic acids is 2. The minimum atomic E-state index is -0.484. The zero-order valence-electron chi connectivity index (χ0n) is 11.4. The zero-order valence-corrected chi connectivity index (χ0v) is 12.3. The molecule has 0 aromatic heterocycles. The van der Waals surface area contributed by atoms with E-state index >= 15 is 0 Å². The number of halogens is 1. The molecule has 0 aromatic carbocycles. The predicted octanol–water partition coefficient (Wildman–Crippen LogP) is 0.816. The van der Waals surface area contributed by atoms with Crippen LogP contribution in [0.1, 0.15) is 27.2 Å². The van der Waals surface area contributed by atoms with E-state index in [-0.39, 0.29) is 36.2 Å². The lowest BCUT2D eigenvalue weighted by Crippen LogP contribution is -2.53. The van der Waals surface area contributed by atoms with Crippen LogP contribution < -0.4 is 5.32 Å². The van der Waals surface area contributed by atoms with Crippen LogP contribution in [0, 0.1) is 5.92 Å². The van der Waals surface area contributed by atoms with Crippen molar-refractivity contribution in [2.45, 2.75) is 39.3 Å². The first-order valence-corrected chi connectivity index (χ1v) is 6.06. The normalized spacial score (nSPS) is 20.2. The van der Waals surface area contributed by atoms with Gasteiger partial charge in [-0.3, -0.25) is 4.79 Å². The second-order valence-electron chi connectivity index (χ2n) is 4.78. The fraction of sp³-hybridized carbons (Fsp3) is 0.833. The van der Waals surface area contributed by atoms with E-state index in [1.807, 2.05) is 13.8 Å². The molecule has 0 spiro atoms. The van der Waals surface area contributed by atoms with Gasteiger partial charge in [-0.2, -0.15) is 0 Å². The van der Waals surface area contributed by atoms with Gasteiger partial charge < -0.3 is 15.0 Å². The van der Waals surface area contributed by atoms with Crippen LogP contribution in [0.3, 0.4) is 0 Å². The molecule has 1 fully saturated rings. The third-order valence-corrected chi connectivity index (χ3v) is 3.17. The first-order valence-electron chi connectivity index (χ1n) is 6.06. The van der Waals surface area contributed by atoms with Crippen molar-refractivity contribution in [3.05, 3.63) is 0 Å². The first-order chi connectivity index (χ1) is 7.99. The van der Waals surface area contributed by atoms with E-state index < -0.39 is 6.04 Å². The van der Waals surface area contributed by atoms with Crippen LogP contribution in [0.2, 0.25) is 0 Å². The molecule has 106 valence electrons. The molecule has 0 saturated carbocycles. The maximum absolute atomic E-state index is 11.8. The highest BCUT2D eigenvalue weighted by Gasteiger charge is 2.37. The highest BCUT2D eigenvalue weighted by Crippen LogP contribution is 2.19. The summed E-state index contributed by atoms with van der Waals surface area (Å²) in [6, 6.07) is -0.388. The van der Waals surface area contributed by atoms with E-state index in [1.54, 1.807) is 4.90 Å². The summed E-state index contributed by atoms with van der Waals surface area (Å²) in [6.45, 7) is 7.01.